The third kappa shape index (κ3) is 4.85. The number of nitriles is 1. The molecule has 2 aromatic carbocycles. The second-order valence-electron chi connectivity index (χ2n) is 4.96. The lowest BCUT2D eigenvalue weighted by molar-refractivity contribution is -0.137. The molecule has 0 spiro atoms. The van der Waals surface area contributed by atoms with Gasteiger partial charge >= 0.3 is 6.18 Å². The van der Waals surface area contributed by atoms with Crippen LogP contribution in [0.5, 0.6) is 0 Å². The lowest BCUT2D eigenvalue weighted by atomic mass is 10.1. The van der Waals surface area contributed by atoms with Crippen LogP contribution in [0.3, 0.4) is 0 Å². The Morgan fingerprint density at radius 2 is 1.78 bits per heavy atom. The summed E-state index contributed by atoms with van der Waals surface area (Å²) in [7, 11) is 0. The number of benzene rings is 2. The normalized spacial score (nSPS) is 10.9. The van der Waals surface area contributed by atoms with Gasteiger partial charge in [-0.15, -0.1) is 0 Å². The molecule has 0 aromatic heterocycles. The Labute approximate surface area is 131 Å². The molecule has 0 aliphatic carbocycles. The molecule has 0 atom stereocenters. The van der Waals surface area contributed by atoms with Crippen LogP contribution < -0.4 is 5.32 Å². The largest absolute Gasteiger partial charge is 0.416 e. The Hall–Kier alpha value is -2.81. The highest BCUT2D eigenvalue weighted by molar-refractivity contribution is 5.78. The summed E-state index contributed by atoms with van der Waals surface area (Å²) >= 11 is 0. The first-order chi connectivity index (χ1) is 10.9. The molecule has 2 rings (SSSR count). The minimum atomic E-state index is -4.42. The fraction of sp³-hybridized carbons (Fsp3) is 0.176. The number of carbonyl (C=O) groups is 1. The molecule has 0 heterocycles. The molecule has 0 saturated heterocycles. The number of nitrogens with zero attached hydrogens (tertiary/aromatic N) is 1. The van der Waals surface area contributed by atoms with E-state index in [4.69, 9.17) is 5.26 Å². The predicted molar refractivity (Wildman–Crippen MR) is 78.2 cm³/mol. The van der Waals surface area contributed by atoms with Crippen molar-refractivity contribution in [3.63, 3.8) is 0 Å². The first-order valence-electron chi connectivity index (χ1n) is 6.80. The van der Waals surface area contributed by atoms with Crippen LogP contribution >= 0.6 is 0 Å². The van der Waals surface area contributed by atoms with E-state index < -0.39 is 11.7 Å². The molecule has 0 unspecified atom stereocenters. The predicted octanol–water partition coefficient (Wildman–Crippen LogP) is 3.44. The highest BCUT2D eigenvalue weighted by atomic mass is 19.4. The summed E-state index contributed by atoms with van der Waals surface area (Å²) in [4.78, 5) is 11.8. The number of halogens is 3. The quantitative estimate of drug-likeness (QED) is 0.939. The van der Waals surface area contributed by atoms with Crippen LogP contribution in [0, 0.1) is 11.3 Å². The Balaban J connectivity index is 1.93. The summed E-state index contributed by atoms with van der Waals surface area (Å²) in [5.74, 6) is -0.367. The van der Waals surface area contributed by atoms with Crippen molar-refractivity contribution in [1.82, 2.24) is 5.32 Å². The van der Waals surface area contributed by atoms with Crippen LogP contribution in [0.15, 0.2) is 48.5 Å². The molecule has 1 N–H and O–H groups in total. The molecule has 0 saturated carbocycles. The van der Waals surface area contributed by atoms with Crippen LogP contribution in [0.2, 0.25) is 0 Å². The smallest absolute Gasteiger partial charge is 0.352 e. The zero-order chi connectivity index (χ0) is 16.9. The van der Waals surface area contributed by atoms with E-state index in [0.29, 0.717) is 11.1 Å². The Kier molecular flexibility index (Phi) is 5.02. The molecule has 0 radical (unpaired) electrons. The van der Waals surface area contributed by atoms with Gasteiger partial charge in [0.1, 0.15) is 0 Å². The van der Waals surface area contributed by atoms with Gasteiger partial charge in [0.05, 0.1) is 23.6 Å². The lowest BCUT2D eigenvalue weighted by Gasteiger charge is -2.09. The van der Waals surface area contributed by atoms with Gasteiger partial charge in [0.2, 0.25) is 5.91 Å². The maximum absolute atomic E-state index is 12.6. The number of alkyl halides is 3. The Morgan fingerprint density at radius 1 is 1.09 bits per heavy atom. The fourth-order valence-electron chi connectivity index (χ4n) is 2.00. The van der Waals surface area contributed by atoms with E-state index in [9.17, 15) is 18.0 Å². The fourth-order valence-corrected chi connectivity index (χ4v) is 2.00. The molecule has 0 aliphatic rings. The molecular weight excluding hydrogens is 305 g/mol. The van der Waals surface area contributed by atoms with Crippen molar-refractivity contribution in [3.8, 4) is 6.07 Å². The molecule has 2 aromatic rings. The monoisotopic (exact) mass is 318 g/mol. The van der Waals surface area contributed by atoms with Crippen molar-refractivity contribution in [2.45, 2.75) is 19.1 Å². The van der Waals surface area contributed by atoms with Crippen molar-refractivity contribution >= 4 is 5.91 Å². The topological polar surface area (TPSA) is 52.9 Å². The number of rotatable bonds is 4. The maximum atomic E-state index is 12.6. The van der Waals surface area contributed by atoms with Crippen molar-refractivity contribution in [2.75, 3.05) is 0 Å². The average molecular weight is 318 g/mol. The first-order valence-corrected chi connectivity index (χ1v) is 6.80. The molecule has 23 heavy (non-hydrogen) atoms. The maximum Gasteiger partial charge on any atom is 0.416 e. The van der Waals surface area contributed by atoms with E-state index in [0.717, 1.165) is 17.7 Å². The minimum absolute atomic E-state index is 0.125. The number of amides is 1. The summed E-state index contributed by atoms with van der Waals surface area (Å²) in [6.45, 7) is 0.253. The molecular formula is C17H13F3N2O. The number of nitrogens with one attached hydrogen (secondary N) is 1. The van der Waals surface area contributed by atoms with Gasteiger partial charge in [-0.1, -0.05) is 30.3 Å². The molecule has 3 nitrogen and oxygen atoms in total. The third-order valence-electron chi connectivity index (χ3n) is 3.19. The van der Waals surface area contributed by atoms with Crippen LogP contribution in [-0.4, -0.2) is 5.91 Å². The Bertz CT molecular complexity index is 731. The highest BCUT2D eigenvalue weighted by Gasteiger charge is 2.30. The van der Waals surface area contributed by atoms with Crippen molar-refractivity contribution in [2.24, 2.45) is 0 Å². The van der Waals surface area contributed by atoms with Crippen molar-refractivity contribution in [1.29, 1.82) is 5.26 Å². The lowest BCUT2D eigenvalue weighted by Crippen LogP contribution is -2.24. The second kappa shape index (κ2) is 6.97. The summed E-state index contributed by atoms with van der Waals surface area (Å²) in [5.41, 5.74) is 0.859. The van der Waals surface area contributed by atoms with Crippen LogP contribution in [-0.2, 0) is 23.9 Å². The van der Waals surface area contributed by atoms with E-state index in [-0.39, 0.29) is 18.9 Å². The summed E-state index contributed by atoms with van der Waals surface area (Å²) in [5, 5.41) is 11.3. The minimum Gasteiger partial charge on any atom is -0.352 e. The number of carbonyl (C=O) groups excluding carboxylic acids is 1. The average Bonchev–Trinajstić information content (AvgIpc) is 2.53. The molecule has 1 amide bonds. The number of hydrogen-bond acceptors (Lipinski definition) is 2. The molecule has 0 fully saturated rings. The second-order valence-corrected chi connectivity index (χ2v) is 4.96. The van der Waals surface area contributed by atoms with E-state index in [1.54, 1.807) is 24.3 Å². The van der Waals surface area contributed by atoms with E-state index in [1.807, 2.05) is 6.07 Å². The van der Waals surface area contributed by atoms with Gasteiger partial charge in [-0.3, -0.25) is 4.79 Å². The Morgan fingerprint density at radius 3 is 2.39 bits per heavy atom. The van der Waals surface area contributed by atoms with Crippen molar-refractivity contribution in [3.05, 3.63) is 70.8 Å². The SMILES string of the molecule is N#Cc1ccc(CNC(=O)Cc2cccc(C(F)(F)F)c2)cc1. The van der Waals surface area contributed by atoms with Crippen molar-refractivity contribution < 1.29 is 18.0 Å². The standard InChI is InChI=1S/C17H13F3N2O/c18-17(19,20)15-3-1-2-14(8-15)9-16(23)22-11-13-6-4-12(10-21)5-7-13/h1-8H,9,11H2,(H,22,23). The summed E-state index contributed by atoms with van der Waals surface area (Å²) in [6.07, 6.45) is -4.55. The van der Waals surface area contributed by atoms with Gasteiger partial charge in [-0.2, -0.15) is 18.4 Å². The van der Waals surface area contributed by atoms with Gasteiger partial charge in [0, 0.05) is 6.54 Å². The van der Waals surface area contributed by atoms with Gasteiger partial charge in [0.25, 0.3) is 0 Å². The van der Waals surface area contributed by atoms with E-state index in [2.05, 4.69) is 5.32 Å². The van der Waals surface area contributed by atoms with E-state index >= 15 is 0 Å². The first kappa shape index (κ1) is 16.6. The molecule has 0 aliphatic heterocycles. The molecule has 6 heteroatoms. The molecule has 0 bridgehead atoms. The summed E-state index contributed by atoms with van der Waals surface area (Å²) < 4.78 is 37.8. The zero-order valence-electron chi connectivity index (χ0n) is 12.0. The molecule has 118 valence electrons. The van der Waals surface area contributed by atoms with Crippen LogP contribution in [0.25, 0.3) is 0 Å². The van der Waals surface area contributed by atoms with E-state index in [1.165, 1.54) is 12.1 Å². The summed E-state index contributed by atoms with van der Waals surface area (Å²) in [6, 6.07) is 13.4. The zero-order valence-corrected chi connectivity index (χ0v) is 12.0. The van der Waals surface area contributed by atoms with Gasteiger partial charge in [0.15, 0.2) is 0 Å². The van der Waals surface area contributed by atoms with Crippen LogP contribution in [0.1, 0.15) is 22.3 Å². The highest BCUT2D eigenvalue weighted by Crippen LogP contribution is 2.29. The third-order valence-corrected chi connectivity index (χ3v) is 3.19. The van der Waals surface area contributed by atoms with Gasteiger partial charge in [-0.25, -0.2) is 0 Å². The van der Waals surface area contributed by atoms with Gasteiger partial charge in [-0.05, 0) is 29.3 Å². The number of hydrogen-bond donors (Lipinski definition) is 1. The van der Waals surface area contributed by atoms with Crippen LogP contribution in [0.4, 0.5) is 13.2 Å². The van der Waals surface area contributed by atoms with Gasteiger partial charge < -0.3 is 5.32 Å².